The van der Waals surface area contributed by atoms with Crippen molar-refractivity contribution >= 4 is 12.4 Å². The predicted octanol–water partition coefficient (Wildman–Crippen LogP) is 5.85. The first kappa shape index (κ1) is 30.8. The van der Waals surface area contributed by atoms with Crippen molar-refractivity contribution in [3.63, 3.8) is 0 Å². The zero-order valence-electron chi connectivity index (χ0n) is 25.8. The molecule has 0 saturated carbocycles. The van der Waals surface area contributed by atoms with Crippen molar-refractivity contribution in [1.82, 2.24) is 15.1 Å². The molecule has 5 rings (SSSR count). The van der Waals surface area contributed by atoms with E-state index in [4.69, 9.17) is 4.74 Å². The van der Waals surface area contributed by atoms with Gasteiger partial charge in [0.25, 0.3) is 0 Å². The summed E-state index contributed by atoms with van der Waals surface area (Å²) in [6, 6.07) is 31.0. The lowest BCUT2D eigenvalue weighted by Crippen LogP contribution is -2.44. The number of amides is 1. The molecule has 1 unspecified atom stereocenters. The first-order chi connectivity index (χ1) is 21.4. The third kappa shape index (κ3) is 6.17. The van der Waals surface area contributed by atoms with Crippen LogP contribution < -0.4 is 5.32 Å². The molecule has 0 radical (unpaired) electrons. The van der Waals surface area contributed by atoms with E-state index in [2.05, 4.69) is 76.9 Å². The highest BCUT2D eigenvalue weighted by Crippen LogP contribution is 2.42. The Balaban J connectivity index is 1.31. The molecule has 3 aromatic carbocycles. The number of nitriles is 1. The summed E-state index contributed by atoms with van der Waals surface area (Å²) in [5, 5.41) is 12.6. The van der Waals surface area contributed by atoms with Gasteiger partial charge in [-0.1, -0.05) is 72.8 Å². The Hall–Kier alpha value is -4.67. The van der Waals surface area contributed by atoms with Crippen LogP contribution in [0.4, 0.5) is 0 Å². The fraction of sp³-hybridized carbons (Fsp3) is 0.324. The van der Waals surface area contributed by atoms with Crippen LogP contribution in [0.1, 0.15) is 61.3 Å². The van der Waals surface area contributed by atoms with Crippen molar-refractivity contribution in [3.05, 3.63) is 130 Å². The van der Waals surface area contributed by atoms with E-state index in [0.717, 1.165) is 62.3 Å². The van der Waals surface area contributed by atoms with E-state index in [-0.39, 0.29) is 5.41 Å². The van der Waals surface area contributed by atoms with E-state index in [1.807, 2.05) is 26.0 Å². The minimum atomic E-state index is -0.506. The van der Waals surface area contributed by atoms with Crippen LogP contribution in [0, 0.1) is 11.3 Å². The average Bonchev–Trinajstić information content (AvgIpc) is 3.07. The highest BCUT2D eigenvalue weighted by atomic mass is 16.5. The summed E-state index contributed by atoms with van der Waals surface area (Å²) in [4.78, 5) is 29.8. The molecule has 1 atom stereocenters. The van der Waals surface area contributed by atoms with Crippen molar-refractivity contribution in [3.8, 4) is 6.07 Å². The summed E-state index contributed by atoms with van der Waals surface area (Å²) in [6.07, 6.45) is 3.70. The maximum atomic E-state index is 13.0. The number of nitrogens with zero attached hydrogens (tertiary/aromatic N) is 3. The monoisotopic (exact) mass is 588 g/mol. The SMILES string of the molecule is COC(=O)C1=C(C)NC(C)=C(N(C=O)CCCN2CCC(c3ccccc3)(c3ccccc3)CC2)C1c1ccc(C#N)cc1. The molecule has 226 valence electrons. The lowest BCUT2D eigenvalue weighted by atomic mass is 9.68. The van der Waals surface area contributed by atoms with Gasteiger partial charge in [-0.2, -0.15) is 5.26 Å². The summed E-state index contributed by atoms with van der Waals surface area (Å²) in [5.74, 6) is -0.956. The molecule has 1 fully saturated rings. The second-order valence-electron chi connectivity index (χ2n) is 11.6. The number of piperidine rings is 1. The van der Waals surface area contributed by atoms with Crippen molar-refractivity contribution in [2.24, 2.45) is 0 Å². The first-order valence-corrected chi connectivity index (χ1v) is 15.2. The minimum Gasteiger partial charge on any atom is -0.466 e. The number of likely N-dealkylation sites (tertiary alicyclic amines) is 1. The summed E-state index contributed by atoms with van der Waals surface area (Å²) < 4.78 is 5.17. The van der Waals surface area contributed by atoms with Crippen LogP contribution >= 0.6 is 0 Å². The van der Waals surface area contributed by atoms with Gasteiger partial charge in [-0.3, -0.25) is 4.79 Å². The number of allylic oxidation sites excluding steroid dienone is 3. The Morgan fingerprint density at radius 3 is 2.09 bits per heavy atom. The fourth-order valence-corrected chi connectivity index (χ4v) is 6.93. The second kappa shape index (κ2) is 13.7. The predicted molar refractivity (Wildman–Crippen MR) is 171 cm³/mol. The molecule has 2 heterocycles. The van der Waals surface area contributed by atoms with Gasteiger partial charge in [0.2, 0.25) is 6.41 Å². The molecule has 7 nitrogen and oxygen atoms in total. The highest BCUT2D eigenvalue weighted by Gasteiger charge is 2.38. The van der Waals surface area contributed by atoms with Gasteiger partial charge < -0.3 is 19.9 Å². The van der Waals surface area contributed by atoms with E-state index in [9.17, 15) is 14.9 Å². The van der Waals surface area contributed by atoms with Gasteiger partial charge in [0.1, 0.15) is 0 Å². The van der Waals surface area contributed by atoms with Gasteiger partial charge in [0, 0.05) is 23.4 Å². The zero-order chi connectivity index (χ0) is 31.1. The van der Waals surface area contributed by atoms with Gasteiger partial charge in [0.15, 0.2) is 0 Å². The number of esters is 1. The Morgan fingerprint density at radius 2 is 1.57 bits per heavy atom. The zero-order valence-corrected chi connectivity index (χ0v) is 25.8. The number of methoxy groups -OCH3 is 1. The second-order valence-corrected chi connectivity index (χ2v) is 11.6. The van der Waals surface area contributed by atoms with Crippen LogP contribution in [0.15, 0.2) is 108 Å². The van der Waals surface area contributed by atoms with Crippen molar-refractivity contribution in [2.75, 3.05) is 33.3 Å². The van der Waals surface area contributed by atoms with Gasteiger partial charge in [-0.15, -0.1) is 0 Å². The Labute approximate surface area is 260 Å². The number of rotatable bonds is 10. The number of ether oxygens (including phenoxy) is 1. The fourth-order valence-electron chi connectivity index (χ4n) is 6.93. The summed E-state index contributed by atoms with van der Waals surface area (Å²) in [5.41, 5.74) is 6.75. The van der Waals surface area contributed by atoms with Crippen molar-refractivity contribution in [1.29, 1.82) is 5.26 Å². The molecular weight excluding hydrogens is 548 g/mol. The largest absolute Gasteiger partial charge is 0.466 e. The number of benzene rings is 3. The number of dihydropyridines is 1. The van der Waals surface area contributed by atoms with Crippen LogP contribution in [0.3, 0.4) is 0 Å². The van der Waals surface area contributed by atoms with Gasteiger partial charge >= 0.3 is 5.97 Å². The van der Waals surface area contributed by atoms with E-state index >= 15 is 0 Å². The minimum absolute atomic E-state index is 0.00760. The molecule has 0 bridgehead atoms. The molecule has 1 saturated heterocycles. The summed E-state index contributed by atoms with van der Waals surface area (Å²) in [7, 11) is 1.36. The molecule has 3 aromatic rings. The van der Waals surface area contributed by atoms with Crippen LogP contribution in [-0.2, 0) is 19.7 Å². The quantitative estimate of drug-likeness (QED) is 0.236. The van der Waals surface area contributed by atoms with E-state index in [0.29, 0.717) is 23.4 Å². The number of carbonyl (C=O) groups excluding carboxylic acids is 2. The molecule has 2 aliphatic heterocycles. The standard InChI is InChI=1S/C37H40N4O3/c1-27-33(36(43)44-3)34(30-17-15-29(25-38)16-18-30)35(28(2)39-27)41(26-42)22-10-21-40-23-19-37(20-24-40,31-11-6-4-7-12-31)32-13-8-5-9-14-32/h4-9,11-18,26,34,39H,10,19-24H2,1-3H3. The number of nitrogens with one attached hydrogen (secondary N) is 1. The maximum Gasteiger partial charge on any atom is 0.336 e. The molecule has 2 aliphatic rings. The number of hydrogen-bond donors (Lipinski definition) is 1. The normalized spacial score (nSPS) is 18.3. The van der Waals surface area contributed by atoms with Crippen LogP contribution in [0.5, 0.6) is 0 Å². The van der Waals surface area contributed by atoms with E-state index in [1.54, 1.807) is 17.0 Å². The Morgan fingerprint density at radius 1 is 0.977 bits per heavy atom. The topological polar surface area (TPSA) is 85.7 Å². The van der Waals surface area contributed by atoms with Crippen molar-refractivity contribution in [2.45, 2.75) is 44.4 Å². The average molecular weight is 589 g/mol. The highest BCUT2D eigenvalue weighted by molar-refractivity contribution is 5.92. The van der Waals surface area contributed by atoms with Gasteiger partial charge in [-0.05, 0) is 81.6 Å². The molecular formula is C37H40N4O3. The molecule has 1 amide bonds. The smallest absolute Gasteiger partial charge is 0.336 e. The molecule has 0 spiro atoms. The lowest BCUT2D eigenvalue weighted by Gasteiger charge is -2.43. The first-order valence-electron chi connectivity index (χ1n) is 15.2. The third-order valence-corrected chi connectivity index (χ3v) is 9.18. The number of hydrogen-bond acceptors (Lipinski definition) is 6. The van der Waals surface area contributed by atoms with Crippen molar-refractivity contribution < 1.29 is 14.3 Å². The van der Waals surface area contributed by atoms with Gasteiger partial charge in [-0.25, -0.2) is 4.79 Å². The lowest BCUT2D eigenvalue weighted by molar-refractivity contribution is -0.136. The van der Waals surface area contributed by atoms with Crippen LogP contribution in [0.25, 0.3) is 0 Å². The van der Waals surface area contributed by atoms with Crippen LogP contribution in [0.2, 0.25) is 0 Å². The molecule has 7 heteroatoms. The Kier molecular flexibility index (Phi) is 9.62. The summed E-state index contributed by atoms with van der Waals surface area (Å²) in [6.45, 7) is 7.08. The molecule has 44 heavy (non-hydrogen) atoms. The molecule has 0 aromatic heterocycles. The van der Waals surface area contributed by atoms with E-state index in [1.165, 1.54) is 18.2 Å². The summed E-state index contributed by atoms with van der Waals surface area (Å²) >= 11 is 0. The number of carbonyl (C=O) groups is 2. The van der Waals surface area contributed by atoms with E-state index < -0.39 is 11.9 Å². The van der Waals surface area contributed by atoms with Crippen LogP contribution in [-0.4, -0.2) is 55.5 Å². The Bertz CT molecular complexity index is 1520. The maximum absolute atomic E-state index is 13.0. The van der Waals surface area contributed by atoms with Gasteiger partial charge in [0.05, 0.1) is 35.9 Å². The third-order valence-electron chi connectivity index (χ3n) is 9.18. The molecule has 0 aliphatic carbocycles. The molecule has 1 N–H and O–H groups in total.